The summed E-state index contributed by atoms with van der Waals surface area (Å²) in [6.45, 7) is 24.4. The van der Waals surface area contributed by atoms with Gasteiger partial charge in [0.25, 0.3) is 0 Å². The standard InChI is InChI=1S/C78H128N14O13S/c1-21-23-34-92-45-67(95)86(16)61(40-51(9)10)70(97)84-59(76(103)91-35-28-25-29-36-91)44-66(94)85(15)60(39-50(7)8)69(96)82-57(37-48(3)4)73(100)88(18)63(41-52(11)12)77(104)87(17)62(43-55-46-106-47-80-55)71(98)83-58(38-49(5)6)74(101)89(19)64(42-54-30-26-24-27-31-54)78(105)90(20)68(53(13)22-2)72(99)81-56(75(92)102)32-33-65(93)79-14/h24,26-27,30-31,46-53,56-64,68H,21-23,25,28-29,32-45H2,1-20H3,(H,79,93)(H,81,99)(H,82,96)(H,83,98)(H,84,97)/t53-,56-,57-,58-,59-,60-,61-,62-,63-,64-,68-/m0/s1. The van der Waals surface area contributed by atoms with Crippen molar-refractivity contribution in [3.63, 3.8) is 0 Å². The molecule has 594 valence electrons. The molecule has 106 heavy (non-hydrogen) atoms. The summed E-state index contributed by atoms with van der Waals surface area (Å²) in [5, 5.41) is 16.0. The molecule has 5 N–H and O–H groups in total. The van der Waals surface area contributed by atoms with Gasteiger partial charge in [-0.25, -0.2) is 4.98 Å². The summed E-state index contributed by atoms with van der Waals surface area (Å²) >= 11 is 1.28. The molecule has 0 bridgehead atoms. The van der Waals surface area contributed by atoms with E-state index in [1.165, 1.54) is 95.0 Å². The maximum Gasteiger partial charge on any atom is 0.246 e. The Morgan fingerprint density at radius 1 is 0.528 bits per heavy atom. The number of nitrogens with one attached hydrogen (secondary N) is 5. The van der Waals surface area contributed by atoms with Crippen LogP contribution in [0.15, 0.2) is 41.2 Å². The molecule has 1 aromatic heterocycles. The first-order valence-corrected chi connectivity index (χ1v) is 39.3. The van der Waals surface area contributed by atoms with Crippen LogP contribution in [0.3, 0.4) is 0 Å². The Balaban J connectivity index is 2.06. The van der Waals surface area contributed by atoms with Crippen molar-refractivity contribution in [3.05, 3.63) is 52.5 Å². The molecule has 0 saturated carbocycles. The van der Waals surface area contributed by atoms with Crippen molar-refractivity contribution in [3.8, 4) is 0 Å². The monoisotopic (exact) mass is 1500 g/mol. The second-order valence-electron chi connectivity index (χ2n) is 31.4. The van der Waals surface area contributed by atoms with E-state index < -0.39 is 156 Å². The van der Waals surface area contributed by atoms with Gasteiger partial charge in [0.05, 0.1) is 24.2 Å². The van der Waals surface area contributed by atoms with Crippen LogP contribution in [0.25, 0.3) is 0 Å². The number of likely N-dealkylation sites (N-methyl/N-ethyl adjacent to an activating group) is 6. The second kappa shape index (κ2) is 43.7. The van der Waals surface area contributed by atoms with Crippen LogP contribution in [0.2, 0.25) is 0 Å². The van der Waals surface area contributed by atoms with Gasteiger partial charge in [-0.05, 0) is 105 Å². The van der Waals surface area contributed by atoms with Crippen LogP contribution in [0.5, 0.6) is 0 Å². The normalized spacial score (nSPS) is 24.3. The Morgan fingerprint density at radius 2 is 1.01 bits per heavy atom. The number of amides is 13. The topological polar surface area (TPSA) is 321 Å². The van der Waals surface area contributed by atoms with Crippen molar-refractivity contribution in [2.75, 3.05) is 75.5 Å². The molecule has 2 aromatic rings. The SMILES string of the molecule is CCCCN1CC(=O)N(C)[C@@H](CC(C)C)C(=O)N[C@H](C(=O)N2CCCCC2)CC(=O)N(C)[C@@H](CC(C)C)C(=O)N[C@@H](CC(C)C)C(=O)N(C)[C@@H](CC(C)C)C(=O)N(C)[C@@H](Cc2cscn2)C(=O)N[C@@H](CC(C)C)C(=O)N(C)[C@@H](Cc2ccccc2)C(=O)N(C)[C@@H]([C@@H](C)CC)C(=O)N[C@@H](CCC(=O)NC)C1=O. The fourth-order valence-corrected chi connectivity index (χ4v) is 14.4. The lowest BCUT2D eigenvalue weighted by Crippen LogP contribution is -2.62. The number of aromatic nitrogens is 1. The van der Waals surface area contributed by atoms with Gasteiger partial charge in [-0.3, -0.25) is 62.3 Å². The van der Waals surface area contributed by atoms with Crippen LogP contribution in [-0.4, -0.2) is 257 Å². The summed E-state index contributed by atoms with van der Waals surface area (Å²) < 4.78 is 0. The maximum atomic E-state index is 15.7. The number of hydrogen-bond acceptors (Lipinski definition) is 15. The highest BCUT2D eigenvalue weighted by atomic mass is 32.1. The van der Waals surface area contributed by atoms with Gasteiger partial charge in [0.2, 0.25) is 76.8 Å². The minimum atomic E-state index is -1.48. The molecule has 2 aliphatic rings. The van der Waals surface area contributed by atoms with E-state index in [1.54, 1.807) is 53.0 Å². The van der Waals surface area contributed by atoms with Gasteiger partial charge in [-0.15, -0.1) is 11.3 Å². The van der Waals surface area contributed by atoms with Gasteiger partial charge in [0.1, 0.15) is 60.4 Å². The Kier molecular flexibility index (Phi) is 37.2. The number of nitrogens with zero attached hydrogens (tertiary/aromatic N) is 9. The highest BCUT2D eigenvalue weighted by molar-refractivity contribution is 7.07. The zero-order valence-corrected chi connectivity index (χ0v) is 68.0. The Labute approximate surface area is 634 Å². The molecule has 27 nitrogen and oxygen atoms in total. The first kappa shape index (κ1) is 90.4. The zero-order valence-electron chi connectivity index (χ0n) is 67.2. The van der Waals surface area contributed by atoms with E-state index in [2.05, 4.69) is 31.6 Å². The number of rotatable bonds is 23. The number of thiazole rings is 1. The number of piperidine rings is 1. The average Bonchev–Trinajstić information content (AvgIpc) is 0.852. The largest absolute Gasteiger partial charge is 0.359 e. The van der Waals surface area contributed by atoms with Gasteiger partial charge in [0, 0.05) is 93.6 Å². The molecule has 3 heterocycles. The predicted octanol–water partition coefficient (Wildman–Crippen LogP) is 5.68. The van der Waals surface area contributed by atoms with E-state index in [0.717, 1.165) is 6.42 Å². The van der Waals surface area contributed by atoms with Crippen LogP contribution in [-0.2, 0) is 75.2 Å². The van der Waals surface area contributed by atoms with E-state index in [0.29, 0.717) is 56.5 Å². The molecule has 2 saturated heterocycles. The minimum absolute atomic E-state index is 0.0128. The van der Waals surface area contributed by atoms with Crippen molar-refractivity contribution in [2.45, 2.75) is 253 Å². The lowest BCUT2D eigenvalue weighted by atomic mass is 9.94. The van der Waals surface area contributed by atoms with Crippen LogP contribution in [0.4, 0.5) is 0 Å². The molecule has 0 spiro atoms. The van der Waals surface area contributed by atoms with Crippen molar-refractivity contribution in [1.82, 2.24) is 70.8 Å². The predicted molar refractivity (Wildman–Crippen MR) is 410 cm³/mol. The van der Waals surface area contributed by atoms with Crippen molar-refractivity contribution >= 4 is 88.1 Å². The molecule has 11 atom stereocenters. The van der Waals surface area contributed by atoms with Crippen molar-refractivity contribution < 1.29 is 62.3 Å². The van der Waals surface area contributed by atoms with Crippen molar-refractivity contribution in [2.24, 2.45) is 35.5 Å². The number of unbranched alkanes of at least 4 members (excludes halogenated alkanes) is 1. The van der Waals surface area contributed by atoms with E-state index >= 15 is 52.7 Å². The lowest BCUT2D eigenvalue weighted by Gasteiger charge is -2.39. The van der Waals surface area contributed by atoms with Gasteiger partial charge >= 0.3 is 0 Å². The summed E-state index contributed by atoms with van der Waals surface area (Å²) in [5.41, 5.74) is 2.71. The van der Waals surface area contributed by atoms with Crippen molar-refractivity contribution in [1.29, 1.82) is 0 Å². The average molecular weight is 1500 g/mol. The van der Waals surface area contributed by atoms with Crippen LogP contribution < -0.4 is 26.6 Å². The number of carbonyl (C=O) groups excluding carboxylic acids is 13. The number of hydrogen-bond donors (Lipinski definition) is 5. The fraction of sp³-hybridized carbons (Fsp3) is 0.718. The molecule has 2 fully saturated rings. The van der Waals surface area contributed by atoms with Crippen LogP contribution in [0.1, 0.15) is 191 Å². The molecule has 0 unspecified atom stereocenters. The molecule has 28 heteroatoms. The maximum absolute atomic E-state index is 15.7. The van der Waals surface area contributed by atoms with E-state index in [9.17, 15) is 9.59 Å². The smallest absolute Gasteiger partial charge is 0.246 e. The van der Waals surface area contributed by atoms with Crippen LogP contribution in [0, 0.1) is 35.5 Å². The molecule has 13 amide bonds. The quantitative estimate of drug-likeness (QED) is 0.0895. The van der Waals surface area contributed by atoms with E-state index in [1.807, 2.05) is 83.1 Å². The Bertz CT molecular complexity index is 3240. The summed E-state index contributed by atoms with van der Waals surface area (Å²) in [6.07, 6.45) is 2.79. The fourth-order valence-electron chi connectivity index (χ4n) is 13.8. The van der Waals surface area contributed by atoms with Gasteiger partial charge < -0.3 is 65.8 Å². The third-order valence-corrected chi connectivity index (χ3v) is 21.0. The number of carbonyl (C=O) groups is 13. The third-order valence-electron chi connectivity index (χ3n) is 20.4. The second-order valence-corrected chi connectivity index (χ2v) is 32.1. The molecular weight excluding hydrogens is 1370 g/mol. The highest BCUT2D eigenvalue weighted by Crippen LogP contribution is 2.26. The third kappa shape index (κ3) is 26.7. The first-order valence-electron chi connectivity index (χ1n) is 38.4. The number of benzene rings is 1. The van der Waals surface area contributed by atoms with Gasteiger partial charge in [-0.2, -0.15) is 0 Å². The summed E-state index contributed by atoms with van der Waals surface area (Å²) in [4.78, 5) is 212. The number of likely N-dealkylation sites (tertiary alicyclic amines) is 1. The summed E-state index contributed by atoms with van der Waals surface area (Å²) in [7, 11) is 10.1. The first-order chi connectivity index (χ1) is 49.9. The molecule has 2 aliphatic heterocycles. The Hall–Kier alpha value is -8.04. The molecular formula is C78H128N14O13S. The molecule has 0 radical (unpaired) electrons. The van der Waals surface area contributed by atoms with E-state index in [4.69, 9.17) is 0 Å². The molecule has 0 aliphatic carbocycles. The van der Waals surface area contributed by atoms with E-state index in [-0.39, 0.29) is 93.9 Å². The molecule has 4 rings (SSSR count). The highest BCUT2D eigenvalue weighted by Gasteiger charge is 2.45. The van der Waals surface area contributed by atoms with Gasteiger partial charge in [0.15, 0.2) is 0 Å². The molecule has 1 aromatic carbocycles. The zero-order chi connectivity index (χ0) is 79.6. The van der Waals surface area contributed by atoms with Crippen LogP contribution >= 0.6 is 11.3 Å². The lowest BCUT2D eigenvalue weighted by molar-refractivity contribution is -0.152. The summed E-state index contributed by atoms with van der Waals surface area (Å²) in [6, 6.07) is -4.12. The Morgan fingerprint density at radius 3 is 1.51 bits per heavy atom. The van der Waals surface area contributed by atoms with Gasteiger partial charge in [-0.1, -0.05) is 133 Å². The minimum Gasteiger partial charge on any atom is -0.359 e. The summed E-state index contributed by atoms with van der Waals surface area (Å²) in [5.74, 6) is -10.2.